The summed E-state index contributed by atoms with van der Waals surface area (Å²) in [4.78, 5) is 15.4. The first-order valence-electron chi connectivity index (χ1n) is 9.50. The molecule has 0 bridgehead atoms. The molecule has 0 spiro atoms. The van der Waals surface area contributed by atoms with Crippen LogP contribution in [-0.2, 0) is 15.1 Å². The minimum atomic E-state index is -1.02. The smallest absolute Gasteiger partial charge is 0.244 e. The number of benzene rings is 1. The fourth-order valence-electron chi connectivity index (χ4n) is 4.07. The van der Waals surface area contributed by atoms with Crippen molar-refractivity contribution in [2.24, 2.45) is 5.73 Å². The Balaban J connectivity index is 0.00000182. The minimum Gasteiger partial charge on any atom is -0.381 e. The molecule has 2 heterocycles. The Morgan fingerprint density at radius 1 is 1.15 bits per heavy atom. The lowest BCUT2D eigenvalue weighted by atomic mass is 9.85. The van der Waals surface area contributed by atoms with Gasteiger partial charge in [-0.1, -0.05) is 36.8 Å². The summed E-state index contributed by atoms with van der Waals surface area (Å²) in [5, 5.41) is 3.17. The molecule has 2 fully saturated rings. The van der Waals surface area contributed by atoms with Crippen LogP contribution in [-0.4, -0.2) is 49.2 Å². The highest BCUT2D eigenvalue weighted by atomic mass is 35.5. The van der Waals surface area contributed by atoms with Gasteiger partial charge in [-0.05, 0) is 51.3 Å². The SMILES string of the molecule is CC(N)(C(=O)NCC1(N2CCCCC2)CCOCC1)c1ccccc1.Cl.Cl. The van der Waals surface area contributed by atoms with Crippen molar-refractivity contribution >= 4 is 30.7 Å². The van der Waals surface area contributed by atoms with E-state index in [0.29, 0.717) is 6.54 Å². The summed E-state index contributed by atoms with van der Waals surface area (Å²) in [7, 11) is 0. The van der Waals surface area contributed by atoms with E-state index in [2.05, 4.69) is 10.2 Å². The highest BCUT2D eigenvalue weighted by Crippen LogP contribution is 2.30. The number of hydrogen-bond acceptors (Lipinski definition) is 4. The highest BCUT2D eigenvalue weighted by Gasteiger charge is 2.40. The van der Waals surface area contributed by atoms with Crippen molar-refractivity contribution in [3.8, 4) is 0 Å². The number of carbonyl (C=O) groups is 1. The van der Waals surface area contributed by atoms with Gasteiger partial charge in [0.15, 0.2) is 0 Å². The standard InChI is InChI=1S/C20H31N3O2.2ClH/c1-19(21,17-8-4-2-5-9-17)18(24)22-16-20(10-14-25-15-11-20)23-12-6-3-7-13-23;;/h2,4-5,8-9H,3,6-7,10-16,21H2,1H3,(H,22,24);2*1H. The van der Waals surface area contributed by atoms with Crippen molar-refractivity contribution in [1.82, 2.24) is 10.2 Å². The van der Waals surface area contributed by atoms with E-state index in [1.54, 1.807) is 6.92 Å². The molecule has 154 valence electrons. The maximum atomic E-state index is 12.8. The van der Waals surface area contributed by atoms with E-state index >= 15 is 0 Å². The summed E-state index contributed by atoms with van der Waals surface area (Å²) in [5.41, 5.74) is 6.20. The normalized spacial score (nSPS) is 21.9. The number of hydrogen-bond donors (Lipinski definition) is 2. The van der Waals surface area contributed by atoms with Crippen LogP contribution in [0.4, 0.5) is 0 Å². The summed E-state index contributed by atoms with van der Waals surface area (Å²) >= 11 is 0. The van der Waals surface area contributed by atoms with Gasteiger partial charge in [-0.15, -0.1) is 24.8 Å². The lowest BCUT2D eigenvalue weighted by Crippen LogP contribution is -2.61. The molecule has 2 saturated heterocycles. The molecule has 0 saturated carbocycles. The van der Waals surface area contributed by atoms with Crippen LogP contribution in [0.3, 0.4) is 0 Å². The largest absolute Gasteiger partial charge is 0.381 e. The third-order valence-corrected chi connectivity index (χ3v) is 5.87. The minimum absolute atomic E-state index is 0. The van der Waals surface area contributed by atoms with Gasteiger partial charge in [0.05, 0.1) is 0 Å². The van der Waals surface area contributed by atoms with Crippen LogP contribution >= 0.6 is 24.8 Å². The number of ether oxygens (including phenoxy) is 1. The van der Waals surface area contributed by atoms with Gasteiger partial charge in [-0.3, -0.25) is 9.69 Å². The van der Waals surface area contributed by atoms with Crippen LogP contribution in [0.15, 0.2) is 30.3 Å². The zero-order valence-electron chi connectivity index (χ0n) is 16.1. The van der Waals surface area contributed by atoms with Gasteiger partial charge >= 0.3 is 0 Å². The molecular formula is C20H33Cl2N3O2. The molecule has 1 atom stereocenters. The molecule has 0 aromatic heterocycles. The van der Waals surface area contributed by atoms with Crippen molar-refractivity contribution in [3.05, 3.63) is 35.9 Å². The number of nitrogens with two attached hydrogens (primary N) is 1. The predicted octanol–water partition coefficient (Wildman–Crippen LogP) is 2.86. The third-order valence-electron chi connectivity index (χ3n) is 5.87. The molecule has 1 aromatic rings. The van der Waals surface area contributed by atoms with Crippen LogP contribution in [0.2, 0.25) is 0 Å². The van der Waals surface area contributed by atoms with Crippen molar-refractivity contribution in [2.75, 3.05) is 32.8 Å². The van der Waals surface area contributed by atoms with E-state index < -0.39 is 5.54 Å². The molecule has 27 heavy (non-hydrogen) atoms. The quantitative estimate of drug-likeness (QED) is 0.772. The summed E-state index contributed by atoms with van der Waals surface area (Å²) in [6.45, 7) is 6.21. The first-order chi connectivity index (χ1) is 12.0. The predicted molar refractivity (Wildman–Crippen MR) is 114 cm³/mol. The number of piperidine rings is 1. The zero-order valence-corrected chi connectivity index (χ0v) is 17.7. The Morgan fingerprint density at radius 2 is 1.74 bits per heavy atom. The number of likely N-dealkylation sites (tertiary alicyclic amines) is 1. The maximum Gasteiger partial charge on any atom is 0.244 e. The van der Waals surface area contributed by atoms with Gasteiger partial charge in [0.25, 0.3) is 0 Å². The zero-order chi connectivity index (χ0) is 17.8. The first kappa shape index (κ1) is 24.2. The Labute approximate surface area is 175 Å². The Hall–Kier alpha value is -0.850. The highest BCUT2D eigenvalue weighted by molar-refractivity contribution is 5.87. The second kappa shape index (κ2) is 10.6. The van der Waals surface area contributed by atoms with Crippen molar-refractivity contribution < 1.29 is 9.53 Å². The van der Waals surface area contributed by atoms with E-state index in [-0.39, 0.29) is 36.3 Å². The van der Waals surface area contributed by atoms with Gasteiger partial charge in [0.1, 0.15) is 5.54 Å². The monoisotopic (exact) mass is 417 g/mol. The van der Waals surface area contributed by atoms with Crippen molar-refractivity contribution in [2.45, 2.75) is 50.1 Å². The van der Waals surface area contributed by atoms with Gasteiger partial charge in [0.2, 0.25) is 5.91 Å². The van der Waals surface area contributed by atoms with Crippen molar-refractivity contribution in [3.63, 3.8) is 0 Å². The molecule has 0 aliphatic carbocycles. The molecule has 1 aromatic carbocycles. The third kappa shape index (κ3) is 5.58. The lowest BCUT2D eigenvalue weighted by Gasteiger charge is -2.48. The molecule has 0 radical (unpaired) electrons. The second-order valence-corrected chi connectivity index (χ2v) is 7.64. The summed E-state index contributed by atoms with van der Waals surface area (Å²) in [5.74, 6) is -0.110. The van der Waals surface area contributed by atoms with Crippen LogP contribution < -0.4 is 11.1 Å². The summed E-state index contributed by atoms with van der Waals surface area (Å²) in [6, 6.07) is 9.59. The molecular weight excluding hydrogens is 385 g/mol. The van der Waals surface area contributed by atoms with Gasteiger partial charge in [0, 0.05) is 25.3 Å². The molecule has 5 nitrogen and oxygen atoms in total. The number of carbonyl (C=O) groups excluding carboxylic acids is 1. The molecule has 7 heteroatoms. The second-order valence-electron chi connectivity index (χ2n) is 7.64. The average Bonchev–Trinajstić information content (AvgIpc) is 2.68. The molecule has 2 aliphatic heterocycles. The Kier molecular flexibility index (Phi) is 9.52. The fourth-order valence-corrected chi connectivity index (χ4v) is 4.07. The molecule has 3 rings (SSSR count). The van der Waals surface area contributed by atoms with Gasteiger partial charge in [-0.2, -0.15) is 0 Å². The number of amides is 1. The first-order valence-corrected chi connectivity index (χ1v) is 9.50. The van der Waals surface area contributed by atoms with Gasteiger partial charge < -0.3 is 15.8 Å². The van der Waals surface area contributed by atoms with Crippen LogP contribution in [0.5, 0.6) is 0 Å². The average molecular weight is 418 g/mol. The topological polar surface area (TPSA) is 67.6 Å². The summed E-state index contributed by atoms with van der Waals surface area (Å²) in [6.07, 6.45) is 5.74. The maximum absolute atomic E-state index is 12.8. The molecule has 3 N–H and O–H groups in total. The summed E-state index contributed by atoms with van der Waals surface area (Å²) < 4.78 is 5.59. The van der Waals surface area contributed by atoms with Crippen LogP contribution in [0, 0.1) is 0 Å². The van der Waals surface area contributed by atoms with Crippen LogP contribution in [0.1, 0.15) is 44.6 Å². The van der Waals surface area contributed by atoms with E-state index in [9.17, 15) is 4.79 Å². The van der Waals surface area contributed by atoms with Gasteiger partial charge in [-0.25, -0.2) is 0 Å². The number of nitrogens with zero attached hydrogens (tertiary/aromatic N) is 1. The van der Waals surface area contributed by atoms with E-state index in [1.807, 2.05) is 30.3 Å². The Bertz CT molecular complexity index is 572. The number of halogens is 2. The van der Waals surface area contributed by atoms with Crippen molar-refractivity contribution in [1.29, 1.82) is 0 Å². The Morgan fingerprint density at radius 3 is 2.33 bits per heavy atom. The molecule has 2 aliphatic rings. The number of nitrogens with one attached hydrogen (secondary N) is 1. The lowest BCUT2D eigenvalue weighted by molar-refractivity contribution is -0.127. The van der Waals surface area contributed by atoms with E-state index in [4.69, 9.17) is 10.5 Å². The van der Waals surface area contributed by atoms with E-state index in [1.165, 1.54) is 19.3 Å². The van der Waals surface area contributed by atoms with E-state index in [0.717, 1.165) is 44.7 Å². The number of rotatable bonds is 5. The fraction of sp³-hybridized carbons (Fsp3) is 0.650. The molecule has 1 unspecified atom stereocenters. The van der Waals surface area contributed by atoms with Crippen LogP contribution in [0.25, 0.3) is 0 Å². The molecule has 1 amide bonds.